The highest BCUT2D eigenvalue weighted by atomic mass is 16.3. The number of furan rings is 1. The first-order chi connectivity index (χ1) is 9.82. The summed E-state index contributed by atoms with van der Waals surface area (Å²) in [6.07, 6.45) is 1.64. The van der Waals surface area contributed by atoms with Gasteiger partial charge < -0.3 is 9.73 Å². The molecule has 0 atom stereocenters. The van der Waals surface area contributed by atoms with Crippen molar-refractivity contribution in [3.8, 4) is 0 Å². The van der Waals surface area contributed by atoms with Crippen LogP contribution in [0.5, 0.6) is 0 Å². The molecular formula is C14H19N5O2. The van der Waals surface area contributed by atoms with E-state index in [0.29, 0.717) is 17.1 Å². The van der Waals surface area contributed by atoms with E-state index in [1.165, 1.54) is 0 Å². The Balaban J connectivity index is 1.82. The molecule has 1 aliphatic carbocycles. The average Bonchev–Trinajstić information content (AvgIpc) is 2.85. The van der Waals surface area contributed by atoms with Gasteiger partial charge in [-0.3, -0.25) is 4.79 Å². The summed E-state index contributed by atoms with van der Waals surface area (Å²) in [5.41, 5.74) is -0.0427. The Morgan fingerprint density at radius 3 is 2.62 bits per heavy atom. The topological polar surface area (TPSA) is 96.7 Å². The lowest BCUT2D eigenvalue weighted by Gasteiger charge is -2.14. The third-order valence-electron chi connectivity index (χ3n) is 3.78. The van der Waals surface area contributed by atoms with Gasteiger partial charge in [-0.1, -0.05) is 26.0 Å². The minimum absolute atomic E-state index is 0.131. The van der Waals surface area contributed by atoms with Crippen LogP contribution in [0.15, 0.2) is 10.5 Å². The van der Waals surface area contributed by atoms with E-state index in [4.69, 9.17) is 4.42 Å². The lowest BCUT2D eigenvalue weighted by molar-refractivity contribution is 0.0927. The number of carbonyl (C=O) groups excluding carboxylic acids is 1. The van der Waals surface area contributed by atoms with Crippen LogP contribution in [0.2, 0.25) is 0 Å². The van der Waals surface area contributed by atoms with Crippen LogP contribution >= 0.6 is 0 Å². The number of aromatic amines is 1. The monoisotopic (exact) mass is 289 g/mol. The van der Waals surface area contributed by atoms with E-state index in [-0.39, 0.29) is 11.3 Å². The number of hydrogen-bond acceptors (Lipinski definition) is 5. The highest BCUT2D eigenvalue weighted by Crippen LogP contribution is 2.43. The largest absolute Gasteiger partial charge is 0.465 e. The maximum Gasteiger partial charge on any atom is 0.255 e. The van der Waals surface area contributed by atoms with E-state index in [9.17, 15) is 4.79 Å². The van der Waals surface area contributed by atoms with Gasteiger partial charge in [0, 0.05) is 5.41 Å². The molecule has 1 amide bonds. The number of rotatable bonds is 3. The maximum atomic E-state index is 12.5. The van der Waals surface area contributed by atoms with Crippen LogP contribution < -0.4 is 5.32 Å². The zero-order valence-electron chi connectivity index (χ0n) is 12.6. The van der Waals surface area contributed by atoms with Gasteiger partial charge in [-0.2, -0.15) is 5.21 Å². The van der Waals surface area contributed by atoms with Crippen LogP contribution in [0.25, 0.3) is 0 Å². The quantitative estimate of drug-likeness (QED) is 0.898. The van der Waals surface area contributed by atoms with Crippen LogP contribution in [0.1, 0.15) is 61.3 Å². The molecule has 3 rings (SSSR count). The zero-order valence-corrected chi connectivity index (χ0v) is 12.6. The summed E-state index contributed by atoms with van der Waals surface area (Å²) in [5, 5.41) is 16.9. The lowest BCUT2D eigenvalue weighted by Crippen LogP contribution is -2.35. The van der Waals surface area contributed by atoms with Crippen molar-refractivity contribution < 1.29 is 9.21 Å². The van der Waals surface area contributed by atoms with Crippen molar-refractivity contribution in [2.24, 2.45) is 0 Å². The number of nitrogens with zero attached hydrogens (tertiary/aromatic N) is 3. The molecule has 0 saturated heterocycles. The van der Waals surface area contributed by atoms with Gasteiger partial charge in [0.15, 0.2) is 5.82 Å². The summed E-state index contributed by atoms with van der Waals surface area (Å²) in [6, 6.07) is 1.82. The fourth-order valence-electron chi connectivity index (χ4n) is 2.26. The van der Waals surface area contributed by atoms with Crippen molar-refractivity contribution in [3.05, 3.63) is 29.0 Å². The molecule has 2 aromatic heterocycles. The molecule has 0 aliphatic heterocycles. The normalized spacial score (nSPS) is 16.8. The van der Waals surface area contributed by atoms with Crippen LogP contribution in [0.3, 0.4) is 0 Å². The molecule has 0 bridgehead atoms. The van der Waals surface area contributed by atoms with Crippen molar-refractivity contribution in [1.29, 1.82) is 0 Å². The van der Waals surface area contributed by atoms with E-state index >= 15 is 0 Å². The molecule has 112 valence electrons. The Morgan fingerprint density at radius 1 is 1.43 bits per heavy atom. The minimum Gasteiger partial charge on any atom is -0.465 e. The van der Waals surface area contributed by atoms with Crippen molar-refractivity contribution in [1.82, 2.24) is 25.9 Å². The third kappa shape index (κ3) is 2.43. The molecule has 7 heteroatoms. The summed E-state index contributed by atoms with van der Waals surface area (Å²) in [5.74, 6) is 1.80. The fourth-order valence-corrected chi connectivity index (χ4v) is 2.26. The molecular weight excluding hydrogens is 270 g/mol. The van der Waals surface area contributed by atoms with Gasteiger partial charge in [0.25, 0.3) is 5.91 Å². The third-order valence-corrected chi connectivity index (χ3v) is 3.78. The van der Waals surface area contributed by atoms with Crippen molar-refractivity contribution in [2.75, 3.05) is 0 Å². The molecule has 0 unspecified atom stereocenters. The maximum absolute atomic E-state index is 12.5. The highest BCUT2D eigenvalue weighted by Gasteiger charge is 2.50. The number of carbonyl (C=O) groups is 1. The predicted molar refractivity (Wildman–Crippen MR) is 74.7 cm³/mol. The standard InChI is InChI=1S/C14H19N5O2/c1-8-9(7-10(21-8)13(2,3)4)11(20)15-14(5-6-14)12-16-18-19-17-12/h7H,5-6H2,1-4H3,(H,15,20)(H,16,17,18,19). The van der Waals surface area contributed by atoms with Crippen LogP contribution in [-0.2, 0) is 11.0 Å². The van der Waals surface area contributed by atoms with Gasteiger partial charge in [-0.25, -0.2) is 0 Å². The van der Waals surface area contributed by atoms with Gasteiger partial charge in [-0.05, 0) is 25.8 Å². The fraction of sp³-hybridized carbons (Fsp3) is 0.571. The van der Waals surface area contributed by atoms with Crippen LogP contribution in [0.4, 0.5) is 0 Å². The van der Waals surface area contributed by atoms with Crippen molar-refractivity contribution >= 4 is 5.91 Å². The van der Waals surface area contributed by atoms with Gasteiger partial charge in [-0.15, -0.1) is 10.2 Å². The number of amides is 1. The Bertz CT molecular complexity index is 662. The Labute approximate surface area is 122 Å². The molecule has 1 fully saturated rings. The van der Waals surface area contributed by atoms with E-state index in [0.717, 1.165) is 18.6 Å². The van der Waals surface area contributed by atoms with E-state index in [1.807, 2.05) is 6.07 Å². The SMILES string of the molecule is Cc1oc(C(C)(C)C)cc1C(=O)NC1(c2nn[nH]n2)CC1. The Kier molecular flexibility index (Phi) is 2.89. The molecule has 21 heavy (non-hydrogen) atoms. The molecule has 2 aromatic rings. The van der Waals surface area contributed by atoms with E-state index in [1.54, 1.807) is 6.92 Å². The molecule has 0 radical (unpaired) electrons. The second-order valence-electron chi connectivity index (χ2n) is 6.60. The molecule has 7 nitrogen and oxygen atoms in total. The van der Waals surface area contributed by atoms with Crippen molar-refractivity contribution in [2.45, 2.75) is 51.5 Å². The molecule has 2 heterocycles. The first-order valence-corrected chi connectivity index (χ1v) is 6.99. The Morgan fingerprint density at radius 2 is 2.14 bits per heavy atom. The first-order valence-electron chi connectivity index (χ1n) is 6.99. The van der Waals surface area contributed by atoms with Crippen LogP contribution in [-0.4, -0.2) is 26.5 Å². The molecule has 0 spiro atoms. The first kappa shape index (κ1) is 13.8. The molecule has 2 N–H and O–H groups in total. The average molecular weight is 289 g/mol. The molecule has 1 saturated carbocycles. The summed E-state index contributed by atoms with van der Waals surface area (Å²) in [6.45, 7) is 7.95. The second-order valence-corrected chi connectivity index (χ2v) is 6.60. The summed E-state index contributed by atoms with van der Waals surface area (Å²) in [7, 11) is 0. The van der Waals surface area contributed by atoms with Crippen LogP contribution in [0, 0.1) is 6.92 Å². The van der Waals surface area contributed by atoms with Gasteiger partial charge in [0.2, 0.25) is 0 Å². The van der Waals surface area contributed by atoms with Crippen molar-refractivity contribution in [3.63, 3.8) is 0 Å². The summed E-state index contributed by atoms with van der Waals surface area (Å²) in [4.78, 5) is 12.5. The number of tetrazole rings is 1. The van der Waals surface area contributed by atoms with Gasteiger partial charge in [0.05, 0.1) is 5.56 Å². The summed E-state index contributed by atoms with van der Waals surface area (Å²) < 4.78 is 5.72. The zero-order chi connectivity index (χ0) is 15.3. The number of nitrogens with one attached hydrogen (secondary N) is 2. The number of H-pyrrole nitrogens is 1. The second kappa shape index (κ2) is 4.41. The highest BCUT2D eigenvalue weighted by molar-refractivity contribution is 5.96. The predicted octanol–water partition coefficient (Wildman–Crippen LogP) is 1.82. The van der Waals surface area contributed by atoms with Gasteiger partial charge >= 0.3 is 0 Å². The summed E-state index contributed by atoms with van der Waals surface area (Å²) >= 11 is 0. The Hall–Kier alpha value is -2.18. The molecule has 1 aliphatic rings. The number of hydrogen-bond donors (Lipinski definition) is 2. The van der Waals surface area contributed by atoms with Gasteiger partial charge in [0.1, 0.15) is 17.1 Å². The molecule has 0 aromatic carbocycles. The number of aromatic nitrogens is 4. The van der Waals surface area contributed by atoms with E-state index in [2.05, 4.69) is 46.7 Å². The minimum atomic E-state index is -0.476. The number of aryl methyl sites for hydroxylation is 1. The van der Waals surface area contributed by atoms with E-state index < -0.39 is 5.54 Å². The lowest BCUT2D eigenvalue weighted by atomic mass is 9.93. The smallest absolute Gasteiger partial charge is 0.255 e.